The van der Waals surface area contributed by atoms with Crippen LogP contribution in [0.25, 0.3) is 0 Å². The van der Waals surface area contributed by atoms with Crippen LogP contribution in [0.5, 0.6) is 0 Å². The van der Waals surface area contributed by atoms with Crippen molar-refractivity contribution in [3.63, 3.8) is 0 Å². The predicted octanol–water partition coefficient (Wildman–Crippen LogP) is 15.5. The SMILES string of the molecule is CC/C=C\C/C=C\C/C=C\C/C=C\CCCCCCCCCOCC(CO)OC(=O)CCCCCCCCCC/C=C\C/C=C\C/C=C\CCCCCCC. The van der Waals surface area contributed by atoms with Crippen molar-refractivity contribution < 1.29 is 19.4 Å². The van der Waals surface area contributed by atoms with E-state index in [1.807, 2.05) is 0 Å². The van der Waals surface area contributed by atoms with Crippen molar-refractivity contribution >= 4 is 5.97 Å². The number of carbonyl (C=O) groups is 1. The van der Waals surface area contributed by atoms with E-state index in [0.717, 1.165) is 64.2 Å². The van der Waals surface area contributed by atoms with Gasteiger partial charge in [-0.1, -0.05) is 195 Å². The van der Waals surface area contributed by atoms with E-state index in [2.05, 4.69) is 98.9 Å². The van der Waals surface area contributed by atoms with Crippen LogP contribution in [0.2, 0.25) is 0 Å². The van der Waals surface area contributed by atoms with Gasteiger partial charge < -0.3 is 14.6 Å². The molecular formula is C51H88O4. The lowest BCUT2D eigenvalue weighted by Gasteiger charge is -2.16. The van der Waals surface area contributed by atoms with E-state index in [-0.39, 0.29) is 19.2 Å². The standard InChI is InChI=1S/C51H88O4/c1-3-5-7-9-11-13-15-17-19-21-23-25-26-27-28-30-32-34-36-38-40-42-44-46-51(53)55-50(48-52)49-54-47-45-43-41-39-37-35-33-31-29-24-22-20-18-16-14-12-10-8-6-4-2/h6,8,12,14-15,17-18,20-21,23-24,26-27,29,50,52H,3-5,7,9-11,13,16,19,22,25,28,30-49H2,1-2H3/b8-6-,14-12-,17-15-,20-18-,23-21-,27-26-,29-24-. The summed E-state index contributed by atoms with van der Waals surface area (Å²) >= 11 is 0. The number of hydrogen-bond acceptors (Lipinski definition) is 4. The number of aliphatic hydroxyl groups excluding tert-OH is 1. The summed E-state index contributed by atoms with van der Waals surface area (Å²) < 4.78 is 11.2. The van der Waals surface area contributed by atoms with Crippen molar-refractivity contribution in [2.75, 3.05) is 19.8 Å². The number of ether oxygens (including phenoxy) is 2. The van der Waals surface area contributed by atoms with Crippen molar-refractivity contribution in [2.24, 2.45) is 0 Å². The zero-order valence-corrected chi connectivity index (χ0v) is 36.2. The lowest BCUT2D eigenvalue weighted by Crippen LogP contribution is -2.27. The second-order valence-corrected chi connectivity index (χ2v) is 15.1. The fourth-order valence-electron chi connectivity index (χ4n) is 6.27. The molecule has 1 N–H and O–H groups in total. The maximum Gasteiger partial charge on any atom is 0.306 e. The lowest BCUT2D eigenvalue weighted by atomic mass is 10.1. The molecule has 0 radical (unpaired) electrons. The van der Waals surface area contributed by atoms with E-state index in [9.17, 15) is 9.90 Å². The monoisotopic (exact) mass is 765 g/mol. The summed E-state index contributed by atoms with van der Waals surface area (Å²) in [5, 5.41) is 9.63. The van der Waals surface area contributed by atoms with Gasteiger partial charge in [0.15, 0.2) is 0 Å². The third-order valence-corrected chi connectivity index (χ3v) is 9.70. The average molecular weight is 765 g/mol. The van der Waals surface area contributed by atoms with Crippen LogP contribution in [-0.4, -0.2) is 37.0 Å². The van der Waals surface area contributed by atoms with Crippen LogP contribution >= 0.6 is 0 Å². The molecule has 0 rings (SSSR count). The molecule has 1 unspecified atom stereocenters. The number of carbonyl (C=O) groups excluding carboxylic acids is 1. The Morgan fingerprint density at radius 3 is 1.24 bits per heavy atom. The maximum atomic E-state index is 12.2. The zero-order chi connectivity index (χ0) is 39.8. The first kappa shape index (κ1) is 52.6. The van der Waals surface area contributed by atoms with Gasteiger partial charge in [0.2, 0.25) is 0 Å². The number of hydrogen-bond donors (Lipinski definition) is 1. The minimum atomic E-state index is -0.550. The van der Waals surface area contributed by atoms with Crippen LogP contribution in [0.1, 0.15) is 206 Å². The summed E-state index contributed by atoms with van der Waals surface area (Å²) in [5.41, 5.74) is 0. The Hall–Kier alpha value is -2.43. The summed E-state index contributed by atoms with van der Waals surface area (Å²) in [6, 6.07) is 0. The average Bonchev–Trinajstić information content (AvgIpc) is 3.19. The number of unbranched alkanes of at least 4 members (excludes halogenated alkanes) is 20. The Bertz CT molecular complexity index is 985. The molecule has 0 spiro atoms. The topological polar surface area (TPSA) is 55.8 Å². The minimum Gasteiger partial charge on any atom is -0.457 e. The molecule has 4 nitrogen and oxygen atoms in total. The van der Waals surface area contributed by atoms with Crippen LogP contribution in [0.15, 0.2) is 85.1 Å². The smallest absolute Gasteiger partial charge is 0.306 e. The Labute approximate surface area is 341 Å². The zero-order valence-electron chi connectivity index (χ0n) is 36.2. The van der Waals surface area contributed by atoms with Gasteiger partial charge in [-0.3, -0.25) is 4.79 Å². The Morgan fingerprint density at radius 2 is 0.818 bits per heavy atom. The molecule has 4 heteroatoms. The van der Waals surface area contributed by atoms with Gasteiger partial charge in [0, 0.05) is 13.0 Å². The normalized spacial score (nSPS) is 13.1. The van der Waals surface area contributed by atoms with Crippen LogP contribution in [0.4, 0.5) is 0 Å². The Morgan fingerprint density at radius 1 is 0.455 bits per heavy atom. The summed E-state index contributed by atoms with van der Waals surface area (Å²) in [6.07, 6.45) is 66.5. The first-order valence-corrected chi connectivity index (χ1v) is 23.2. The van der Waals surface area contributed by atoms with Gasteiger partial charge in [-0.15, -0.1) is 0 Å². The summed E-state index contributed by atoms with van der Waals surface area (Å²) in [4.78, 5) is 12.2. The van der Waals surface area contributed by atoms with E-state index >= 15 is 0 Å². The quantitative estimate of drug-likeness (QED) is 0.0382. The van der Waals surface area contributed by atoms with Gasteiger partial charge in [0.25, 0.3) is 0 Å². The first-order valence-electron chi connectivity index (χ1n) is 23.2. The number of rotatable bonds is 42. The Balaban J connectivity index is 3.50. The third-order valence-electron chi connectivity index (χ3n) is 9.70. The van der Waals surface area contributed by atoms with E-state index < -0.39 is 6.10 Å². The van der Waals surface area contributed by atoms with E-state index in [1.54, 1.807) is 0 Å². The van der Waals surface area contributed by atoms with Crippen molar-refractivity contribution in [3.05, 3.63) is 85.1 Å². The van der Waals surface area contributed by atoms with Crippen molar-refractivity contribution in [1.29, 1.82) is 0 Å². The molecule has 0 fully saturated rings. The van der Waals surface area contributed by atoms with Crippen LogP contribution < -0.4 is 0 Å². The fraction of sp³-hybridized carbons (Fsp3) is 0.706. The molecule has 0 aromatic carbocycles. The molecule has 0 saturated heterocycles. The molecule has 0 aliphatic carbocycles. The summed E-state index contributed by atoms with van der Waals surface area (Å²) in [7, 11) is 0. The molecule has 0 amide bonds. The van der Waals surface area contributed by atoms with Crippen molar-refractivity contribution in [1.82, 2.24) is 0 Å². The van der Waals surface area contributed by atoms with Gasteiger partial charge in [0.1, 0.15) is 6.10 Å². The molecule has 0 heterocycles. The van der Waals surface area contributed by atoms with E-state index in [4.69, 9.17) is 9.47 Å². The third kappa shape index (κ3) is 45.9. The summed E-state index contributed by atoms with van der Waals surface area (Å²) in [5.74, 6) is -0.214. The van der Waals surface area contributed by atoms with Crippen LogP contribution in [0, 0.1) is 0 Å². The van der Waals surface area contributed by atoms with E-state index in [1.165, 1.54) is 122 Å². The highest BCUT2D eigenvalue weighted by atomic mass is 16.6. The second-order valence-electron chi connectivity index (χ2n) is 15.1. The highest BCUT2D eigenvalue weighted by Crippen LogP contribution is 2.13. The predicted molar refractivity (Wildman–Crippen MR) is 242 cm³/mol. The molecule has 0 aromatic heterocycles. The largest absolute Gasteiger partial charge is 0.457 e. The van der Waals surface area contributed by atoms with Gasteiger partial charge in [-0.25, -0.2) is 0 Å². The highest BCUT2D eigenvalue weighted by molar-refractivity contribution is 5.69. The lowest BCUT2D eigenvalue weighted by molar-refractivity contribution is -0.154. The molecule has 1 atom stereocenters. The number of esters is 1. The molecule has 316 valence electrons. The number of aliphatic hydroxyl groups is 1. The van der Waals surface area contributed by atoms with Gasteiger partial charge >= 0.3 is 5.97 Å². The number of allylic oxidation sites excluding steroid dienone is 14. The van der Waals surface area contributed by atoms with Crippen LogP contribution in [0.3, 0.4) is 0 Å². The van der Waals surface area contributed by atoms with Gasteiger partial charge in [-0.2, -0.15) is 0 Å². The molecule has 0 saturated carbocycles. The van der Waals surface area contributed by atoms with E-state index in [0.29, 0.717) is 13.0 Å². The van der Waals surface area contributed by atoms with Gasteiger partial charge in [0.05, 0.1) is 13.2 Å². The minimum absolute atomic E-state index is 0.184. The molecule has 0 aliphatic rings. The Kier molecular flexibility index (Phi) is 45.6. The van der Waals surface area contributed by atoms with Crippen molar-refractivity contribution in [3.8, 4) is 0 Å². The van der Waals surface area contributed by atoms with Gasteiger partial charge in [-0.05, 0) is 89.9 Å². The molecule has 0 aromatic rings. The molecule has 0 bridgehead atoms. The molecule has 0 aliphatic heterocycles. The molecular weight excluding hydrogens is 677 g/mol. The molecule has 55 heavy (non-hydrogen) atoms. The van der Waals surface area contributed by atoms with Crippen molar-refractivity contribution in [2.45, 2.75) is 213 Å². The van der Waals surface area contributed by atoms with Crippen LogP contribution in [-0.2, 0) is 14.3 Å². The summed E-state index contributed by atoms with van der Waals surface area (Å²) in [6.45, 7) is 5.19. The highest BCUT2D eigenvalue weighted by Gasteiger charge is 2.13. The fourth-order valence-corrected chi connectivity index (χ4v) is 6.27. The first-order chi connectivity index (χ1) is 27.2. The second kappa shape index (κ2) is 47.7. The maximum absolute atomic E-state index is 12.2.